The lowest BCUT2D eigenvalue weighted by Gasteiger charge is -2.17. The minimum Gasteiger partial charge on any atom is -0.497 e. The maximum Gasteiger partial charge on any atom is 0.119 e. The average molecular weight is 325 g/mol. The number of hydrogen-bond acceptors (Lipinski definition) is 4. The molecular formula is C13H17BrN4O. The van der Waals surface area contributed by atoms with Crippen molar-refractivity contribution in [2.45, 2.75) is 12.5 Å². The number of benzene rings is 1. The Morgan fingerprint density at radius 2 is 2.26 bits per heavy atom. The van der Waals surface area contributed by atoms with Gasteiger partial charge in [-0.25, -0.2) is 0 Å². The van der Waals surface area contributed by atoms with Crippen molar-refractivity contribution in [1.82, 2.24) is 20.3 Å². The van der Waals surface area contributed by atoms with Crippen molar-refractivity contribution in [2.24, 2.45) is 7.05 Å². The Morgan fingerprint density at radius 3 is 2.84 bits per heavy atom. The number of hydrogen-bond donors (Lipinski definition) is 1. The van der Waals surface area contributed by atoms with E-state index in [-0.39, 0.29) is 6.04 Å². The molecule has 1 aromatic carbocycles. The summed E-state index contributed by atoms with van der Waals surface area (Å²) in [6, 6.07) is 6.11. The third-order valence-corrected chi connectivity index (χ3v) is 3.71. The number of halogens is 1. The van der Waals surface area contributed by atoms with Crippen LogP contribution in [0.4, 0.5) is 0 Å². The van der Waals surface area contributed by atoms with E-state index in [9.17, 15) is 0 Å². The number of aromatic nitrogens is 3. The lowest BCUT2D eigenvalue weighted by Crippen LogP contribution is -2.19. The van der Waals surface area contributed by atoms with E-state index in [2.05, 4.69) is 31.6 Å². The zero-order valence-corrected chi connectivity index (χ0v) is 12.8. The molecule has 0 radical (unpaired) electrons. The van der Waals surface area contributed by atoms with Gasteiger partial charge < -0.3 is 10.1 Å². The quantitative estimate of drug-likeness (QED) is 0.915. The molecule has 1 heterocycles. The first kappa shape index (κ1) is 14.0. The maximum atomic E-state index is 5.28. The molecule has 0 aliphatic rings. The fraction of sp³-hybridized carbons (Fsp3) is 0.385. The second-order valence-corrected chi connectivity index (χ2v) is 5.17. The van der Waals surface area contributed by atoms with E-state index in [1.165, 1.54) is 0 Å². The van der Waals surface area contributed by atoms with Crippen LogP contribution in [0.15, 0.2) is 28.9 Å². The number of nitrogens with zero attached hydrogens (tertiary/aromatic N) is 3. The van der Waals surface area contributed by atoms with Crippen LogP contribution < -0.4 is 10.1 Å². The predicted octanol–water partition coefficient (Wildman–Crippen LogP) is 2.09. The van der Waals surface area contributed by atoms with Crippen molar-refractivity contribution < 1.29 is 4.74 Å². The highest BCUT2D eigenvalue weighted by Crippen LogP contribution is 2.29. The van der Waals surface area contributed by atoms with Gasteiger partial charge in [0, 0.05) is 30.2 Å². The third kappa shape index (κ3) is 3.33. The molecule has 0 bridgehead atoms. The van der Waals surface area contributed by atoms with Crippen molar-refractivity contribution in [3.05, 3.63) is 40.1 Å². The van der Waals surface area contributed by atoms with E-state index in [4.69, 9.17) is 4.74 Å². The van der Waals surface area contributed by atoms with E-state index in [0.717, 1.165) is 27.9 Å². The molecule has 1 unspecified atom stereocenters. The minimum absolute atomic E-state index is 0.154. The highest BCUT2D eigenvalue weighted by atomic mass is 79.9. The molecule has 1 aromatic heterocycles. The van der Waals surface area contributed by atoms with Crippen LogP contribution >= 0.6 is 15.9 Å². The molecule has 1 N–H and O–H groups in total. The number of ether oxygens (including phenoxy) is 1. The number of aryl methyl sites for hydroxylation is 1. The monoisotopic (exact) mass is 324 g/mol. The third-order valence-electron chi connectivity index (χ3n) is 2.99. The Labute approximate surface area is 121 Å². The van der Waals surface area contributed by atoms with Crippen molar-refractivity contribution in [3.8, 4) is 5.75 Å². The van der Waals surface area contributed by atoms with Crippen molar-refractivity contribution >= 4 is 15.9 Å². The van der Waals surface area contributed by atoms with Crippen LogP contribution in [0.1, 0.15) is 17.3 Å². The summed E-state index contributed by atoms with van der Waals surface area (Å²) in [5.41, 5.74) is 2.10. The van der Waals surface area contributed by atoms with E-state index in [0.29, 0.717) is 0 Å². The van der Waals surface area contributed by atoms with E-state index in [1.807, 2.05) is 38.5 Å². The predicted molar refractivity (Wildman–Crippen MR) is 77.2 cm³/mol. The largest absolute Gasteiger partial charge is 0.497 e. The summed E-state index contributed by atoms with van der Waals surface area (Å²) < 4.78 is 8.04. The van der Waals surface area contributed by atoms with Crippen LogP contribution in [-0.2, 0) is 13.5 Å². The number of rotatable bonds is 5. The summed E-state index contributed by atoms with van der Waals surface area (Å²) in [5.74, 6) is 0.845. The van der Waals surface area contributed by atoms with Gasteiger partial charge in [-0.2, -0.15) is 0 Å². The zero-order valence-electron chi connectivity index (χ0n) is 11.2. The number of nitrogens with one attached hydrogen (secondary N) is 1. The van der Waals surface area contributed by atoms with E-state index < -0.39 is 0 Å². The summed E-state index contributed by atoms with van der Waals surface area (Å²) in [6.45, 7) is 0. The standard InChI is InChI=1S/C13H17BrN4O/c1-15-13(6-9-8-18(2)17-16-9)11-7-10(19-3)4-5-12(11)14/h4-5,7-8,13,15H,6H2,1-3H3. The summed E-state index contributed by atoms with van der Waals surface area (Å²) >= 11 is 3.58. The molecule has 0 spiro atoms. The van der Waals surface area contributed by atoms with Crippen molar-refractivity contribution in [1.29, 1.82) is 0 Å². The second kappa shape index (κ2) is 6.16. The normalized spacial score (nSPS) is 12.4. The molecule has 0 fully saturated rings. The number of likely N-dealkylation sites (N-methyl/N-ethyl adjacent to an activating group) is 1. The van der Waals surface area contributed by atoms with Crippen LogP contribution in [0.3, 0.4) is 0 Å². The SMILES string of the molecule is CNC(Cc1cn(C)nn1)c1cc(OC)ccc1Br. The summed E-state index contributed by atoms with van der Waals surface area (Å²) in [4.78, 5) is 0. The number of methoxy groups -OCH3 is 1. The van der Waals surface area contributed by atoms with Gasteiger partial charge in [0.05, 0.1) is 12.8 Å². The highest BCUT2D eigenvalue weighted by Gasteiger charge is 2.16. The van der Waals surface area contributed by atoms with Gasteiger partial charge in [0.2, 0.25) is 0 Å². The molecular weight excluding hydrogens is 308 g/mol. The van der Waals surface area contributed by atoms with Gasteiger partial charge in [0.15, 0.2) is 0 Å². The van der Waals surface area contributed by atoms with Gasteiger partial charge in [-0.15, -0.1) is 5.10 Å². The molecule has 0 saturated carbocycles. The second-order valence-electron chi connectivity index (χ2n) is 4.32. The summed E-state index contributed by atoms with van der Waals surface area (Å²) in [5, 5.41) is 11.4. The maximum absolute atomic E-state index is 5.28. The molecule has 2 aromatic rings. The Morgan fingerprint density at radius 1 is 1.47 bits per heavy atom. The molecule has 0 saturated heterocycles. The van der Waals surface area contributed by atoms with Crippen LogP contribution in [0.25, 0.3) is 0 Å². The van der Waals surface area contributed by atoms with Crippen LogP contribution in [0.2, 0.25) is 0 Å². The average Bonchev–Trinajstić information content (AvgIpc) is 2.82. The minimum atomic E-state index is 0.154. The Hall–Kier alpha value is -1.40. The van der Waals surface area contributed by atoms with Crippen LogP contribution in [0.5, 0.6) is 5.75 Å². The molecule has 0 aliphatic heterocycles. The van der Waals surface area contributed by atoms with Gasteiger partial charge in [-0.05, 0) is 30.8 Å². The first-order valence-electron chi connectivity index (χ1n) is 6.00. The molecule has 0 aliphatic carbocycles. The Balaban J connectivity index is 2.26. The fourth-order valence-corrected chi connectivity index (χ4v) is 2.50. The molecule has 102 valence electrons. The lowest BCUT2D eigenvalue weighted by molar-refractivity contribution is 0.413. The topological polar surface area (TPSA) is 52.0 Å². The first-order valence-corrected chi connectivity index (χ1v) is 6.79. The van der Waals surface area contributed by atoms with Crippen molar-refractivity contribution in [2.75, 3.05) is 14.2 Å². The Bertz CT molecular complexity index is 555. The Kier molecular flexibility index (Phi) is 4.55. The molecule has 1 atom stereocenters. The summed E-state index contributed by atoms with van der Waals surface area (Å²) in [7, 11) is 5.48. The van der Waals surface area contributed by atoms with Gasteiger partial charge in [0.25, 0.3) is 0 Å². The molecule has 2 rings (SSSR count). The highest BCUT2D eigenvalue weighted by molar-refractivity contribution is 9.10. The smallest absolute Gasteiger partial charge is 0.119 e. The van der Waals surface area contributed by atoms with Gasteiger partial charge in [0.1, 0.15) is 5.75 Å². The summed E-state index contributed by atoms with van der Waals surface area (Å²) in [6.07, 6.45) is 2.70. The lowest BCUT2D eigenvalue weighted by atomic mass is 10.0. The van der Waals surface area contributed by atoms with Crippen LogP contribution in [-0.4, -0.2) is 29.2 Å². The molecule has 0 amide bonds. The molecule has 5 nitrogen and oxygen atoms in total. The van der Waals surface area contributed by atoms with Gasteiger partial charge in [-0.1, -0.05) is 21.1 Å². The van der Waals surface area contributed by atoms with E-state index in [1.54, 1.807) is 11.8 Å². The molecule has 6 heteroatoms. The molecule has 19 heavy (non-hydrogen) atoms. The van der Waals surface area contributed by atoms with E-state index >= 15 is 0 Å². The first-order chi connectivity index (χ1) is 9.13. The van der Waals surface area contributed by atoms with Gasteiger partial charge >= 0.3 is 0 Å². The van der Waals surface area contributed by atoms with Crippen molar-refractivity contribution in [3.63, 3.8) is 0 Å². The fourth-order valence-electron chi connectivity index (χ4n) is 1.98. The van der Waals surface area contributed by atoms with Crippen LogP contribution in [0, 0.1) is 0 Å². The zero-order chi connectivity index (χ0) is 13.8. The van der Waals surface area contributed by atoms with Gasteiger partial charge in [-0.3, -0.25) is 4.68 Å².